The molecule has 0 aromatic heterocycles. The van der Waals surface area contributed by atoms with Crippen molar-refractivity contribution in [3.8, 4) is 0 Å². The summed E-state index contributed by atoms with van der Waals surface area (Å²) in [6, 6.07) is 8.98. The molecule has 14 heavy (non-hydrogen) atoms. The molecule has 1 aromatic carbocycles. The van der Waals surface area contributed by atoms with E-state index in [9.17, 15) is 8.42 Å². The first-order valence-electron chi connectivity index (χ1n) is 4.70. The predicted molar refractivity (Wildman–Crippen MR) is 54.7 cm³/mol. The van der Waals surface area contributed by atoms with Gasteiger partial charge < -0.3 is 5.32 Å². The van der Waals surface area contributed by atoms with Crippen LogP contribution in [-0.4, -0.2) is 20.3 Å². The van der Waals surface area contributed by atoms with Crippen molar-refractivity contribution in [3.63, 3.8) is 0 Å². The number of hydrogen-bond donors (Lipinski definition) is 1. The molecule has 1 saturated carbocycles. The molecular weight excluding hydrogens is 198 g/mol. The highest BCUT2D eigenvalue weighted by molar-refractivity contribution is 7.91. The van der Waals surface area contributed by atoms with Crippen LogP contribution in [0.3, 0.4) is 0 Å². The second-order valence-corrected chi connectivity index (χ2v) is 5.54. The zero-order valence-electron chi connectivity index (χ0n) is 7.81. The van der Waals surface area contributed by atoms with Crippen molar-refractivity contribution in [2.24, 2.45) is 0 Å². The Morgan fingerprint density at radius 3 is 2.43 bits per heavy atom. The van der Waals surface area contributed by atoms with Crippen LogP contribution in [0.25, 0.3) is 0 Å². The minimum Gasteiger partial charge on any atom is -0.301 e. The molecule has 1 aliphatic carbocycles. The van der Waals surface area contributed by atoms with E-state index in [1.165, 1.54) is 0 Å². The second kappa shape index (κ2) is 3.71. The maximum Gasteiger partial charge on any atom is 0.191 e. The molecule has 0 spiro atoms. The van der Waals surface area contributed by atoms with Gasteiger partial charge in [-0.2, -0.15) is 0 Å². The quantitative estimate of drug-likeness (QED) is 0.813. The van der Waals surface area contributed by atoms with E-state index in [4.69, 9.17) is 0 Å². The van der Waals surface area contributed by atoms with Crippen molar-refractivity contribution in [2.45, 2.75) is 23.8 Å². The Bertz CT molecular complexity index is 395. The third kappa shape index (κ3) is 2.33. The van der Waals surface area contributed by atoms with Crippen LogP contribution < -0.4 is 5.32 Å². The summed E-state index contributed by atoms with van der Waals surface area (Å²) >= 11 is 0. The van der Waals surface area contributed by atoms with Crippen molar-refractivity contribution in [2.75, 3.05) is 5.88 Å². The van der Waals surface area contributed by atoms with Gasteiger partial charge in [0.1, 0.15) is 5.88 Å². The molecule has 3 nitrogen and oxygen atoms in total. The maximum atomic E-state index is 11.7. The molecule has 0 bridgehead atoms. The molecule has 0 amide bonds. The van der Waals surface area contributed by atoms with E-state index in [1.54, 1.807) is 24.3 Å². The molecule has 1 aromatic rings. The summed E-state index contributed by atoms with van der Waals surface area (Å²) in [6.07, 6.45) is 2.20. The molecule has 0 radical (unpaired) electrons. The van der Waals surface area contributed by atoms with E-state index in [0.29, 0.717) is 10.9 Å². The predicted octanol–water partition coefficient (Wildman–Crippen LogP) is 1.17. The van der Waals surface area contributed by atoms with Crippen molar-refractivity contribution in [1.29, 1.82) is 0 Å². The minimum atomic E-state index is -3.13. The standard InChI is InChI=1S/C10H13NO2S/c12-14(13,8-11-9-6-7-9)10-4-2-1-3-5-10/h1-5,9,11H,6-8H2. The smallest absolute Gasteiger partial charge is 0.191 e. The average Bonchev–Trinajstić information content (AvgIpc) is 3.00. The van der Waals surface area contributed by atoms with E-state index in [2.05, 4.69) is 5.32 Å². The van der Waals surface area contributed by atoms with Crippen molar-refractivity contribution in [1.82, 2.24) is 5.32 Å². The van der Waals surface area contributed by atoms with Crippen LogP contribution in [0.15, 0.2) is 35.2 Å². The lowest BCUT2D eigenvalue weighted by Gasteiger charge is -2.04. The van der Waals surface area contributed by atoms with E-state index in [0.717, 1.165) is 12.8 Å². The summed E-state index contributed by atoms with van der Waals surface area (Å²) in [7, 11) is -3.13. The van der Waals surface area contributed by atoms with Gasteiger partial charge in [0.15, 0.2) is 9.84 Å². The average molecular weight is 211 g/mol. The van der Waals surface area contributed by atoms with Crippen LogP contribution in [0.1, 0.15) is 12.8 Å². The molecule has 4 heteroatoms. The van der Waals surface area contributed by atoms with Gasteiger partial charge in [-0.15, -0.1) is 0 Å². The number of sulfone groups is 1. The van der Waals surface area contributed by atoms with Crippen LogP contribution in [0.5, 0.6) is 0 Å². The topological polar surface area (TPSA) is 46.2 Å². The molecule has 0 saturated heterocycles. The van der Waals surface area contributed by atoms with Gasteiger partial charge in [0.05, 0.1) is 4.90 Å². The Morgan fingerprint density at radius 2 is 1.86 bits per heavy atom. The van der Waals surface area contributed by atoms with Crippen molar-refractivity contribution >= 4 is 9.84 Å². The normalized spacial score (nSPS) is 16.9. The Labute approximate surface area is 84.1 Å². The van der Waals surface area contributed by atoms with Gasteiger partial charge in [0, 0.05) is 6.04 Å². The first-order valence-corrected chi connectivity index (χ1v) is 6.35. The minimum absolute atomic E-state index is 0.0572. The Morgan fingerprint density at radius 1 is 1.21 bits per heavy atom. The van der Waals surface area contributed by atoms with Gasteiger partial charge in [0.2, 0.25) is 0 Å². The van der Waals surface area contributed by atoms with Gasteiger partial charge in [-0.1, -0.05) is 18.2 Å². The molecule has 0 atom stereocenters. The molecule has 1 aliphatic rings. The molecule has 1 N–H and O–H groups in total. The van der Waals surface area contributed by atoms with Crippen LogP contribution in [0.4, 0.5) is 0 Å². The monoisotopic (exact) mass is 211 g/mol. The maximum absolute atomic E-state index is 11.7. The molecule has 0 unspecified atom stereocenters. The van der Waals surface area contributed by atoms with Crippen molar-refractivity contribution in [3.05, 3.63) is 30.3 Å². The second-order valence-electron chi connectivity index (χ2n) is 3.55. The van der Waals surface area contributed by atoms with E-state index >= 15 is 0 Å². The number of rotatable bonds is 4. The van der Waals surface area contributed by atoms with E-state index < -0.39 is 9.84 Å². The summed E-state index contributed by atoms with van der Waals surface area (Å²) in [5.74, 6) is 0.0572. The Kier molecular flexibility index (Phi) is 2.56. The summed E-state index contributed by atoms with van der Waals surface area (Å²) in [5, 5.41) is 3.01. The third-order valence-corrected chi connectivity index (χ3v) is 3.78. The van der Waals surface area contributed by atoms with Gasteiger partial charge in [0.25, 0.3) is 0 Å². The van der Waals surface area contributed by atoms with Crippen LogP contribution in [-0.2, 0) is 9.84 Å². The van der Waals surface area contributed by atoms with Gasteiger partial charge in [-0.05, 0) is 25.0 Å². The molecule has 0 heterocycles. The number of benzene rings is 1. The van der Waals surface area contributed by atoms with Crippen LogP contribution in [0.2, 0.25) is 0 Å². The highest BCUT2D eigenvalue weighted by Gasteiger charge is 2.23. The van der Waals surface area contributed by atoms with E-state index in [-0.39, 0.29) is 5.88 Å². The molecule has 76 valence electrons. The first-order chi connectivity index (χ1) is 6.68. The third-order valence-electron chi connectivity index (χ3n) is 2.24. The summed E-state index contributed by atoms with van der Waals surface area (Å²) in [6.45, 7) is 0. The molecule has 1 fully saturated rings. The first kappa shape index (κ1) is 9.68. The fourth-order valence-electron chi connectivity index (χ4n) is 1.23. The Hall–Kier alpha value is -0.870. The molecule has 0 aliphatic heterocycles. The largest absolute Gasteiger partial charge is 0.301 e. The summed E-state index contributed by atoms with van der Waals surface area (Å²) < 4.78 is 23.4. The lowest BCUT2D eigenvalue weighted by Crippen LogP contribution is -2.24. The highest BCUT2D eigenvalue weighted by atomic mass is 32.2. The summed E-state index contributed by atoms with van der Waals surface area (Å²) in [4.78, 5) is 0.396. The Balaban J connectivity index is 2.07. The lowest BCUT2D eigenvalue weighted by atomic mass is 10.4. The highest BCUT2D eigenvalue weighted by Crippen LogP contribution is 2.19. The number of nitrogens with one attached hydrogen (secondary N) is 1. The van der Waals surface area contributed by atoms with Gasteiger partial charge in [-0.3, -0.25) is 0 Å². The van der Waals surface area contributed by atoms with Gasteiger partial charge in [-0.25, -0.2) is 8.42 Å². The van der Waals surface area contributed by atoms with Crippen molar-refractivity contribution < 1.29 is 8.42 Å². The lowest BCUT2D eigenvalue weighted by molar-refractivity contribution is 0.586. The molecular formula is C10H13NO2S. The van der Waals surface area contributed by atoms with Gasteiger partial charge >= 0.3 is 0 Å². The van der Waals surface area contributed by atoms with Crippen LogP contribution in [0, 0.1) is 0 Å². The summed E-state index contributed by atoms with van der Waals surface area (Å²) in [5.41, 5.74) is 0. The molecule has 2 rings (SSSR count). The zero-order valence-corrected chi connectivity index (χ0v) is 8.63. The fraction of sp³-hybridized carbons (Fsp3) is 0.400. The zero-order chi connectivity index (χ0) is 10.0. The van der Waals surface area contributed by atoms with Crippen LogP contribution >= 0.6 is 0 Å². The SMILES string of the molecule is O=S(=O)(CNC1CC1)c1ccccc1. The fourth-order valence-corrected chi connectivity index (χ4v) is 2.42. The number of hydrogen-bond acceptors (Lipinski definition) is 3. The van der Waals surface area contributed by atoms with E-state index in [1.807, 2.05) is 6.07 Å².